The molecule has 0 aliphatic carbocycles. The molecule has 0 radical (unpaired) electrons. The highest BCUT2D eigenvalue weighted by molar-refractivity contribution is 5.88. The van der Waals surface area contributed by atoms with E-state index in [1.165, 1.54) is 24.1 Å². The van der Waals surface area contributed by atoms with Crippen molar-refractivity contribution in [2.75, 3.05) is 13.7 Å². The van der Waals surface area contributed by atoms with Gasteiger partial charge in [-0.1, -0.05) is 6.07 Å². The minimum atomic E-state index is -0.526. The van der Waals surface area contributed by atoms with Crippen molar-refractivity contribution in [1.29, 1.82) is 0 Å². The third-order valence-electron chi connectivity index (χ3n) is 2.42. The van der Waals surface area contributed by atoms with Gasteiger partial charge in [0.25, 0.3) is 5.69 Å². The van der Waals surface area contributed by atoms with E-state index in [1.54, 1.807) is 18.2 Å². The van der Waals surface area contributed by atoms with Crippen molar-refractivity contribution in [3.8, 4) is 0 Å². The predicted octanol–water partition coefficient (Wildman–Crippen LogP) is 1.15. The average Bonchev–Trinajstić information content (AvgIpc) is 2.78. The molecular weight excluding hydrogens is 240 g/mol. The van der Waals surface area contributed by atoms with Gasteiger partial charge in [-0.2, -0.15) is 4.73 Å². The summed E-state index contributed by atoms with van der Waals surface area (Å²) in [6.45, 7) is -0.261. The van der Waals surface area contributed by atoms with Gasteiger partial charge in [0.1, 0.15) is 0 Å². The molecule has 0 bridgehead atoms. The second-order valence-electron chi connectivity index (χ2n) is 3.46. The number of aromatic nitrogens is 1. The summed E-state index contributed by atoms with van der Waals surface area (Å²) in [5, 5.41) is 11.3. The van der Waals surface area contributed by atoms with E-state index in [1.807, 2.05) is 0 Å². The maximum Gasteiger partial charge on any atom is 0.346 e. The molecule has 2 rings (SSSR count). The van der Waals surface area contributed by atoms with E-state index in [2.05, 4.69) is 4.74 Å². The second-order valence-corrected chi connectivity index (χ2v) is 3.46. The molecule has 0 saturated carbocycles. The van der Waals surface area contributed by atoms with Crippen molar-refractivity contribution < 1.29 is 19.3 Å². The van der Waals surface area contributed by atoms with Crippen LogP contribution in [0.3, 0.4) is 0 Å². The molecule has 7 heteroatoms. The number of ether oxygens (including phenoxy) is 1. The number of fused-ring (bicyclic) bond motifs is 1. The van der Waals surface area contributed by atoms with Gasteiger partial charge in [0.2, 0.25) is 6.61 Å². The van der Waals surface area contributed by atoms with Gasteiger partial charge >= 0.3 is 5.97 Å². The number of rotatable bonds is 4. The number of benzene rings is 1. The molecule has 18 heavy (non-hydrogen) atoms. The van der Waals surface area contributed by atoms with Gasteiger partial charge in [-0.15, -0.1) is 0 Å². The number of hydrogen-bond acceptors (Lipinski definition) is 5. The van der Waals surface area contributed by atoms with Crippen LogP contribution < -0.4 is 4.84 Å². The van der Waals surface area contributed by atoms with Crippen LogP contribution in [0.15, 0.2) is 30.5 Å². The third kappa shape index (κ3) is 2.10. The summed E-state index contributed by atoms with van der Waals surface area (Å²) in [7, 11) is 1.25. The van der Waals surface area contributed by atoms with E-state index in [0.717, 1.165) is 0 Å². The highest BCUT2D eigenvalue weighted by Gasteiger charge is 2.14. The van der Waals surface area contributed by atoms with Gasteiger partial charge in [0.15, 0.2) is 0 Å². The van der Waals surface area contributed by atoms with Crippen LogP contribution >= 0.6 is 0 Å². The first-order chi connectivity index (χ1) is 8.63. The van der Waals surface area contributed by atoms with Crippen LogP contribution in [-0.4, -0.2) is 29.3 Å². The van der Waals surface area contributed by atoms with Crippen molar-refractivity contribution in [1.82, 2.24) is 4.73 Å². The fourth-order valence-corrected chi connectivity index (χ4v) is 1.58. The maximum absolute atomic E-state index is 10.9. The Balaban J connectivity index is 2.34. The molecule has 1 aromatic carbocycles. The predicted molar refractivity (Wildman–Crippen MR) is 62.1 cm³/mol. The fraction of sp³-hybridized carbons (Fsp3) is 0.182. The normalized spacial score (nSPS) is 10.3. The van der Waals surface area contributed by atoms with Gasteiger partial charge in [0, 0.05) is 12.3 Å². The number of nitro groups is 1. The molecule has 0 fully saturated rings. The minimum absolute atomic E-state index is 0.00656. The standard InChI is InChI=1S/C11H10N2O5/c1-17-11(14)7-18-12-6-5-8-9(12)3-2-4-10(8)13(15)16/h2-6H,7H2,1H3. The van der Waals surface area contributed by atoms with E-state index >= 15 is 0 Å². The Bertz CT molecular complexity index is 604. The monoisotopic (exact) mass is 250 g/mol. The Kier molecular flexibility index (Phi) is 3.13. The number of non-ortho nitro benzene ring substituents is 1. The van der Waals surface area contributed by atoms with Gasteiger partial charge in [-0.05, 0) is 12.1 Å². The SMILES string of the molecule is COC(=O)COn1ccc2c([N+](=O)[O-])cccc21. The molecule has 0 spiro atoms. The molecule has 0 unspecified atom stereocenters. The summed E-state index contributed by atoms with van der Waals surface area (Å²) in [5.74, 6) is -0.526. The zero-order valence-corrected chi connectivity index (χ0v) is 9.53. The van der Waals surface area contributed by atoms with Crippen molar-refractivity contribution in [3.63, 3.8) is 0 Å². The summed E-state index contributed by atoms with van der Waals surface area (Å²) in [4.78, 5) is 26.5. The molecular formula is C11H10N2O5. The summed E-state index contributed by atoms with van der Waals surface area (Å²) < 4.78 is 5.74. The quantitative estimate of drug-likeness (QED) is 0.461. The van der Waals surface area contributed by atoms with E-state index in [4.69, 9.17) is 4.84 Å². The maximum atomic E-state index is 10.9. The first-order valence-electron chi connectivity index (χ1n) is 5.08. The first kappa shape index (κ1) is 11.9. The lowest BCUT2D eigenvalue weighted by Gasteiger charge is -2.06. The number of nitrogens with zero attached hydrogens (tertiary/aromatic N) is 2. The summed E-state index contributed by atoms with van der Waals surface area (Å²) >= 11 is 0. The van der Waals surface area contributed by atoms with Crippen LogP contribution in [0.25, 0.3) is 10.9 Å². The Hall–Kier alpha value is -2.57. The molecule has 0 N–H and O–H groups in total. The Morgan fingerprint density at radius 1 is 1.44 bits per heavy atom. The zero-order chi connectivity index (χ0) is 13.1. The highest BCUT2D eigenvalue weighted by Crippen LogP contribution is 2.25. The van der Waals surface area contributed by atoms with Crippen molar-refractivity contribution >= 4 is 22.6 Å². The lowest BCUT2D eigenvalue weighted by atomic mass is 10.2. The van der Waals surface area contributed by atoms with Gasteiger partial charge in [-0.25, -0.2) is 4.79 Å². The number of hydrogen-bond donors (Lipinski definition) is 0. The number of carbonyl (C=O) groups is 1. The van der Waals surface area contributed by atoms with E-state index in [9.17, 15) is 14.9 Å². The Morgan fingerprint density at radius 3 is 2.89 bits per heavy atom. The van der Waals surface area contributed by atoms with Gasteiger partial charge in [0.05, 0.1) is 22.9 Å². The van der Waals surface area contributed by atoms with E-state index < -0.39 is 10.9 Å². The largest absolute Gasteiger partial charge is 0.466 e. The molecule has 7 nitrogen and oxygen atoms in total. The first-order valence-corrected chi connectivity index (χ1v) is 5.08. The lowest BCUT2D eigenvalue weighted by molar-refractivity contribution is -0.383. The van der Waals surface area contributed by atoms with Crippen LogP contribution in [-0.2, 0) is 9.53 Å². The summed E-state index contributed by atoms with van der Waals surface area (Å²) in [6, 6.07) is 6.19. The molecule has 1 heterocycles. The molecule has 94 valence electrons. The summed E-state index contributed by atoms with van der Waals surface area (Å²) in [5.41, 5.74) is 0.515. The second kappa shape index (κ2) is 4.74. The lowest BCUT2D eigenvalue weighted by Crippen LogP contribution is -2.20. The third-order valence-corrected chi connectivity index (χ3v) is 2.42. The average molecular weight is 250 g/mol. The van der Waals surface area contributed by atoms with Crippen LogP contribution in [0, 0.1) is 10.1 Å². The van der Waals surface area contributed by atoms with E-state index in [0.29, 0.717) is 10.9 Å². The van der Waals surface area contributed by atoms with Crippen LogP contribution in [0.5, 0.6) is 0 Å². The molecule has 0 aliphatic heterocycles. The number of esters is 1. The molecule has 1 aromatic heterocycles. The van der Waals surface area contributed by atoms with Crippen molar-refractivity contribution in [2.24, 2.45) is 0 Å². The molecule has 0 aliphatic rings. The van der Waals surface area contributed by atoms with Crippen molar-refractivity contribution in [3.05, 3.63) is 40.6 Å². The molecule has 0 amide bonds. The minimum Gasteiger partial charge on any atom is -0.466 e. The van der Waals surface area contributed by atoms with Gasteiger partial charge < -0.3 is 9.57 Å². The van der Waals surface area contributed by atoms with Crippen molar-refractivity contribution in [2.45, 2.75) is 0 Å². The number of carbonyl (C=O) groups excluding carboxylic acids is 1. The molecule has 2 aromatic rings. The van der Waals surface area contributed by atoms with Crippen LogP contribution in [0.1, 0.15) is 0 Å². The van der Waals surface area contributed by atoms with E-state index in [-0.39, 0.29) is 12.3 Å². The highest BCUT2D eigenvalue weighted by atomic mass is 16.7. The van der Waals surface area contributed by atoms with Gasteiger partial charge in [-0.3, -0.25) is 10.1 Å². The fourth-order valence-electron chi connectivity index (χ4n) is 1.58. The zero-order valence-electron chi connectivity index (χ0n) is 9.53. The topological polar surface area (TPSA) is 83.6 Å². The molecule has 0 saturated heterocycles. The smallest absolute Gasteiger partial charge is 0.346 e. The Labute approximate surface area is 102 Å². The Morgan fingerprint density at radius 2 is 2.22 bits per heavy atom. The van der Waals surface area contributed by atoms with Crippen LogP contribution in [0.2, 0.25) is 0 Å². The number of nitro benzene ring substituents is 1. The summed E-state index contributed by atoms with van der Waals surface area (Å²) in [6.07, 6.45) is 1.51. The number of methoxy groups -OCH3 is 1. The molecule has 0 atom stereocenters. The van der Waals surface area contributed by atoms with Crippen LogP contribution in [0.4, 0.5) is 5.69 Å².